The zero-order valence-corrected chi connectivity index (χ0v) is 19.9. The number of carbonyl (C=O) groups excluding carboxylic acids is 3. The van der Waals surface area contributed by atoms with Gasteiger partial charge in [0.15, 0.2) is 0 Å². The molecule has 0 aromatic heterocycles. The lowest BCUT2D eigenvalue weighted by molar-refractivity contribution is -0.120. The predicted octanol–water partition coefficient (Wildman–Crippen LogP) is 5.55. The molecule has 6 nitrogen and oxygen atoms in total. The Morgan fingerprint density at radius 3 is 2.32 bits per heavy atom. The first-order valence-corrected chi connectivity index (χ1v) is 11.3. The Morgan fingerprint density at radius 2 is 1.62 bits per heavy atom. The lowest BCUT2D eigenvalue weighted by atomic mass is 10.1. The van der Waals surface area contributed by atoms with Gasteiger partial charge in [0.2, 0.25) is 0 Å². The van der Waals surface area contributed by atoms with Gasteiger partial charge in [-0.15, -0.1) is 0 Å². The van der Waals surface area contributed by atoms with Crippen LogP contribution in [0.15, 0.2) is 77.5 Å². The van der Waals surface area contributed by atoms with Gasteiger partial charge in [-0.2, -0.15) is 0 Å². The fraction of sp³-hybridized carbons (Fsp3) is 0.148. The lowest BCUT2D eigenvalue weighted by Crippen LogP contribution is -2.33. The highest BCUT2D eigenvalue weighted by Gasteiger charge is 2.39. The van der Waals surface area contributed by atoms with Crippen LogP contribution < -0.4 is 15.5 Å². The molecule has 3 aromatic rings. The third kappa shape index (κ3) is 4.45. The Balaban J connectivity index is 1.54. The quantitative estimate of drug-likeness (QED) is 0.460. The van der Waals surface area contributed by atoms with Crippen LogP contribution in [0, 0.1) is 13.8 Å². The molecule has 0 bridgehead atoms. The molecule has 7 heteroatoms. The maximum atomic E-state index is 13.1. The summed E-state index contributed by atoms with van der Waals surface area (Å²) in [5, 5.41) is 5.60. The van der Waals surface area contributed by atoms with Crippen LogP contribution in [0.3, 0.4) is 0 Å². The number of rotatable bonds is 6. The molecule has 0 saturated carbocycles. The Labute approximate surface area is 203 Å². The molecule has 0 atom stereocenters. The van der Waals surface area contributed by atoms with Gasteiger partial charge in [-0.25, -0.2) is 4.90 Å². The van der Waals surface area contributed by atoms with Crippen molar-refractivity contribution in [3.8, 4) is 0 Å². The monoisotopic (exact) mass is 473 g/mol. The highest BCUT2D eigenvalue weighted by atomic mass is 35.5. The van der Waals surface area contributed by atoms with Crippen LogP contribution in [0.2, 0.25) is 0 Å². The van der Waals surface area contributed by atoms with Crippen molar-refractivity contribution < 1.29 is 14.4 Å². The van der Waals surface area contributed by atoms with Crippen LogP contribution in [-0.2, 0) is 16.0 Å². The molecule has 3 amide bonds. The molecular weight excluding hydrogens is 450 g/mol. The second kappa shape index (κ2) is 9.53. The van der Waals surface area contributed by atoms with E-state index in [-0.39, 0.29) is 16.6 Å². The minimum Gasteiger partial charge on any atom is -0.350 e. The SMILES string of the molecule is CCc1ccc(NC(=O)c2cccc(NC3=C(Cl)C(=O)N(c4cccc(C)c4C)C3=O)c2)cc1. The van der Waals surface area contributed by atoms with Gasteiger partial charge in [-0.3, -0.25) is 14.4 Å². The summed E-state index contributed by atoms with van der Waals surface area (Å²) < 4.78 is 0. The number of nitrogens with one attached hydrogen (secondary N) is 2. The van der Waals surface area contributed by atoms with Gasteiger partial charge < -0.3 is 10.6 Å². The molecule has 0 unspecified atom stereocenters. The fourth-order valence-corrected chi connectivity index (χ4v) is 3.93. The number of hydrogen-bond acceptors (Lipinski definition) is 4. The molecule has 0 aliphatic carbocycles. The number of aryl methyl sites for hydroxylation is 2. The Morgan fingerprint density at radius 1 is 0.912 bits per heavy atom. The Kier molecular flexibility index (Phi) is 6.52. The summed E-state index contributed by atoms with van der Waals surface area (Å²) in [6, 6.07) is 19.7. The van der Waals surface area contributed by atoms with Gasteiger partial charge in [-0.05, 0) is 73.4 Å². The topological polar surface area (TPSA) is 78.5 Å². The maximum Gasteiger partial charge on any atom is 0.283 e. The van der Waals surface area contributed by atoms with E-state index in [4.69, 9.17) is 11.6 Å². The molecule has 0 radical (unpaired) electrons. The van der Waals surface area contributed by atoms with Crippen molar-refractivity contribution in [2.45, 2.75) is 27.2 Å². The van der Waals surface area contributed by atoms with E-state index in [9.17, 15) is 14.4 Å². The third-order valence-electron chi connectivity index (χ3n) is 5.86. The largest absolute Gasteiger partial charge is 0.350 e. The van der Waals surface area contributed by atoms with Crippen molar-refractivity contribution in [3.05, 3.63) is 99.7 Å². The van der Waals surface area contributed by atoms with E-state index in [1.54, 1.807) is 36.4 Å². The first kappa shape index (κ1) is 23.3. The zero-order chi connectivity index (χ0) is 24.4. The molecule has 0 spiro atoms. The first-order chi connectivity index (χ1) is 16.3. The molecule has 34 heavy (non-hydrogen) atoms. The molecule has 0 fully saturated rings. The Hall–Kier alpha value is -3.90. The van der Waals surface area contributed by atoms with Crippen LogP contribution in [0.25, 0.3) is 0 Å². The van der Waals surface area contributed by atoms with E-state index in [1.165, 1.54) is 5.56 Å². The van der Waals surface area contributed by atoms with Crippen LogP contribution in [0.5, 0.6) is 0 Å². The second-order valence-electron chi connectivity index (χ2n) is 8.06. The average molecular weight is 474 g/mol. The van der Waals surface area contributed by atoms with Crippen molar-refractivity contribution in [2.24, 2.45) is 0 Å². The standard InChI is InChI=1S/C27H24ClN3O3/c1-4-18-11-13-20(14-12-18)30-25(32)19-8-6-9-21(15-19)29-24-23(28)26(33)31(27(24)34)22-10-5-7-16(2)17(22)3/h5-15,29H,4H2,1-3H3,(H,30,32). The molecule has 1 heterocycles. The first-order valence-electron chi connectivity index (χ1n) is 10.9. The smallest absolute Gasteiger partial charge is 0.283 e. The number of carbonyl (C=O) groups is 3. The number of nitrogens with zero attached hydrogens (tertiary/aromatic N) is 1. The van der Waals surface area contributed by atoms with Gasteiger partial charge in [0.1, 0.15) is 10.7 Å². The summed E-state index contributed by atoms with van der Waals surface area (Å²) in [5.41, 5.74) is 4.97. The van der Waals surface area contributed by atoms with E-state index in [2.05, 4.69) is 17.6 Å². The maximum absolute atomic E-state index is 13.1. The summed E-state index contributed by atoms with van der Waals surface area (Å²) in [4.78, 5) is 39.8. The van der Waals surface area contributed by atoms with Crippen molar-refractivity contribution in [1.29, 1.82) is 0 Å². The van der Waals surface area contributed by atoms with E-state index in [0.29, 0.717) is 22.6 Å². The van der Waals surface area contributed by atoms with E-state index >= 15 is 0 Å². The van der Waals surface area contributed by atoms with Gasteiger partial charge in [0, 0.05) is 16.9 Å². The number of imide groups is 1. The van der Waals surface area contributed by atoms with Crippen LogP contribution >= 0.6 is 11.6 Å². The molecule has 0 saturated heterocycles. The summed E-state index contributed by atoms with van der Waals surface area (Å²) in [7, 11) is 0. The number of benzene rings is 3. The normalized spacial score (nSPS) is 13.5. The predicted molar refractivity (Wildman–Crippen MR) is 135 cm³/mol. The van der Waals surface area contributed by atoms with Crippen molar-refractivity contribution in [1.82, 2.24) is 0 Å². The average Bonchev–Trinajstić information content (AvgIpc) is 3.04. The van der Waals surface area contributed by atoms with Gasteiger partial charge in [-0.1, -0.05) is 48.9 Å². The van der Waals surface area contributed by atoms with Gasteiger partial charge in [0.05, 0.1) is 5.69 Å². The molecule has 1 aliphatic rings. The third-order valence-corrected chi connectivity index (χ3v) is 6.21. The van der Waals surface area contributed by atoms with Gasteiger partial charge >= 0.3 is 0 Å². The zero-order valence-electron chi connectivity index (χ0n) is 19.1. The number of anilines is 3. The number of hydrogen-bond donors (Lipinski definition) is 2. The summed E-state index contributed by atoms with van der Waals surface area (Å²) in [6.45, 7) is 5.83. The fourth-order valence-electron chi connectivity index (χ4n) is 3.72. The summed E-state index contributed by atoms with van der Waals surface area (Å²) in [6.07, 6.45) is 0.919. The minimum atomic E-state index is -0.590. The number of amides is 3. The van der Waals surface area contributed by atoms with Crippen LogP contribution in [0.1, 0.15) is 34.0 Å². The van der Waals surface area contributed by atoms with E-state index in [0.717, 1.165) is 22.4 Å². The lowest BCUT2D eigenvalue weighted by Gasteiger charge is -2.18. The van der Waals surface area contributed by atoms with Crippen molar-refractivity contribution in [3.63, 3.8) is 0 Å². The highest BCUT2D eigenvalue weighted by Crippen LogP contribution is 2.33. The summed E-state index contributed by atoms with van der Waals surface area (Å²) in [5.74, 6) is -1.43. The van der Waals surface area contributed by atoms with Gasteiger partial charge in [0.25, 0.3) is 17.7 Å². The summed E-state index contributed by atoms with van der Waals surface area (Å²) >= 11 is 6.27. The van der Waals surface area contributed by atoms with Crippen LogP contribution in [0.4, 0.5) is 17.1 Å². The van der Waals surface area contributed by atoms with E-state index in [1.807, 2.05) is 44.2 Å². The minimum absolute atomic E-state index is 0.0275. The molecule has 2 N–H and O–H groups in total. The molecule has 4 rings (SSSR count). The van der Waals surface area contributed by atoms with Crippen LogP contribution in [-0.4, -0.2) is 17.7 Å². The van der Waals surface area contributed by atoms with Crippen molar-refractivity contribution >= 4 is 46.4 Å². The molecular formula is C27H24ClN3O3. The molecule has 172 valence electrons. The Bertz CT molecular complexity index is 1330. The molecule has 1 aliphatic heterocycles. The van der Waals surface area contributed by atoms with Crippen molar-refractivity contribution in [2.75, 3.05) is 15.5 Å². The molecule has 3 aromatic carbocycles. The number of halogens is 1. The van der Waals surface area contributed by atoms with E-state index < -0.39 is 11.8 Å². The highest BCUT2D eigenvalue weighted by molar-refractivity contribution is 6.53. The second-order valence-corrected chi connectivity index (χ2v) is 8.44.